The Balaban J connectivity index is 1.71. The van der Waals surface area contributed by atoms with Gasteiger partial charge in [0.15, 0.2) is 0 Å². The molecule has 0 amide bonds. The predicted octanol–water partition coefficient (Wildman–Crippen LogP) is 4.98. The first-order valence-corrected chi connectivity index (χ1v) is 14.0. The van der Waals surface area contributed by atoms with Crippen LogP contribution < -0.4 is 0 Å². The van der Waals surface area contributed by atoms with Gasteiger partial charge in [-0.15, -0.1) is 0 Å². The average molecular weight is 451 g/mol. The lowest BCUT2D eigenvalue weighted by Crippen LogP contribution is -2.22. The first-order valence-electron chi connectivity index (χ1n) is 14.8. The number of hydrogen-bond acceptors (Lipinski definition) is 5. The summed E-state index contributed by atoms with van der Waals surface area (Å²) in [4.78, 5) is 8.79. The Bertz CT molecular complexity index is 1350. The van der Waals surface area contributed by atoms with Gasteiger partial charge in [-0.05, 0) is 30.8 Å². The van der Waals surface area contributed by atoms with Crippen molar-refractivity contribution in [3.05, 3.63) is 31.0 Å². The quantitative estimate of drug-likeness (QED) is 0.322. The topological polar surface area (TPSA) is 67.0 Å². The van der Waals surface area contributed by atoms with Crippen LogP contribution in [0.2, 0.25) is 25.7 Å². The van der Waals surface area contributed by atoms with E-state index in [2.05, 4.69) is 34.7 Å². The van der Waals surface area contributed by atoms with Crippen molar-refractivity contribution in [1.82, 2.24) is 24.3 Å². The third-order valence-electron chi connectivity index (χ3n) is 5.09. The fraction of sp³-hybridized carbons (Fsp3) is 0.609. The maximum atomic E-state index is 9.05. The second kappa shape index (κ2) is 9.63. The van der Waals surface area contributed by atoms with Crippen LogP contribution in [0.15, 0.2) is 31.0 Å². The Morgan fingerprint density at radius 1 is 1.29 bits per heavy atom. The predicted molar refractivity (Wildman–Crippen MR) is 126 cm³/mol. The molecule has 3 aromatic rings. The third kappa shape index (κ3) is 5.24. The smallest absolute Gasteiger partial charge is 0.145 e. The number of rotatable bonds is 10. The Labute approximate surface area is 198 Å². The Kier molecular flexibility index (Phi) is 4.19. The molecule has 0 aromatic carbocycles. The van der Waals surface area contributed by atoms with Crippen molar-refractivity contribution >= 4 is 19.1 Å². The molecule has 3 aromatic heterocycles. The molecule has 0 aliphatic heterocycles. The highest BCUT2D eigenvalue weighted by atomic mass is 28.3. The summed E-state index contributed by atoms with van der Waals surface area (Å²) in [6.07, 6.45) is -7.02. The van der Waals surface area contributed by atoms with Crippen LogP contribution in [0.1, 0.15) is 43.9 Å². The van der Waals surface area contributed by atoms with E-state index in [1.165, 1.54) is 25.8 Å². The molecule has 0 N–H and O–H groups in total. The van der Waals surface area contributed by atoms with E-state index in [9.17, 15) is 0 Å². The maximum Gasteiger partial charge on any atom is 0.145 e. The molecule has 1 fully saturated rings. The summed E-state index contributed by atoms with van der Waals surface area (Å²) < 4.78 is 89.8. The van der Waals surface area contributed by atoms with Crippen molar-refractivity contribution in [2.45, 2.75) is 63.9 Å². The first-order chi connectivity index (χ1) is 18.3. The van der Waals surface area contributed by atoms with Crippen LogP contribution >= 0.6 is 0 Å². The van der Waals surface area contributed by atoms with Crippen molar-refractivity contribution in [1.29, 1.82) is 0 Å². The molecule has 0 spiro atoms. The Morgan fingerprint density at radius 3 is 2.84 bits per heavy atom. The summed E-state index contributed by atoms with van der Waals surface area (Å²) in [6.45, 7) is 7.38. The van der Waals surface area contributed by atoms with Crippen LogP contribution in [0.3, 0.4) is 0 Å². The van der Waals surface area contributed by atoms with Crippen LogP contribution in [-0.2, 0) is 16.2 Å². The van der Waals surface area contributed by atoms with Crippen LogP contribution in [0.5, 0.6) is 0 Å². The van der Waals surface area contributed by atoms with E-state index in [1.807, 2.05) is 16.8 Å². The monoisotopic (exact) mass is 450 g/mol. The van der Waals surface area contributed by atoms with Gasteiger partial charge in [0.05, 0.1) is 24.5 Å². The molecule has 0 unspecified atom stereocenters. The molecule has 0 saturated heterocycles. The van der Waals surface area contributed by atoms with Gasteiger partial charge in [-0.25, -0.2) is 9.97 Å². The average Bonchev–Trinajstić information content (AvgIpc) is 3.51. The Morgan fingerprint density at radius 2 is 2.10 bits per heavy atom. The third-order valence-corrected chi connectivity index (χ3v) is 6.80. The normalized spacial score (nSPS) is 28.2. The van der Waals surface area contributed by atoms with Gasteiger partial charge in [0.2, 0.25) is 0 Å². The number of ether oxygens (including phenoxy) is 2. The summed E-state index contributed by atoms with van der Waals surface area (Å²) in [5, 5.41) is 4.97. The van der Waals surface area contributed by atoms with E-state index in [-0.39, 0.29) is 0 Å². The second-order valence-corrected chi connectivity index (χ2v) is 14.3. The van der Waals surface area contributed by atoms with Gasteiger partial charge in [0, 0.05) is 57.5 Å². The number of hydrogen-bond donors (Lipinski definition) is 0. The number of methoxy groups -OCH3 is 1. The lowest BCUT2D eigenvalue weighted by atomic mass is 9.99. The zero-order valence-electron chi connectivity index (χ0n) is 27.3. The molecule has 4 rings (SSSR count). The van der Waals surface area contributed by atoms with Crippen LogP contribution in [0, 0.1) is 5.89 Å². The highest BCUT2D eigenvalue weighted by Crippen LogP contribution is 2.35. The van der Waals surface area contributed by atoms with Crippen LogP contribution in [-0.4, -0.2) is 52.7 Å². The molecule has 1 atom stereocenters. The molecule has 3 heterocycles. The van der Waals surface area contributed by atoms with Crippen LogP contribution in [0.25, 0.3) is 22.3 Å². The van der Waals surface area contributed by atoms with Gasteiger partial charge in [-0.2, -0.15) is 5.10 Å². The minimum Gasteiger partial charge on any atom is -0.382 e. The minimum atomic E-state index is -3.31. The van der Waals surface area contributed by atoms with Crippen molar-refractivity contribution in [2.75, 3.05) is 20.3 Å². The summed E-state index contributed by atoms with van der Waals surface area (Å²) in [7, 11) is 0.0556. The zero-order valence-corrected chi connectivity index (χ0v) is 19.3. The molecular weight excluding hydrogens is 406 g/mol. The fourth-order valence-corrected chi connectivity index (χ4v) is 4.11. The van der Waals surface area contributed by atoms with Gasteiger partial charge in [0.25, 0.3) is 0 Å². The molecule has 0 bridgehead atoms. The van der Waals surface area contributed by atoms with Crippen LogP contribution in [0.4, 0.5) is 0 Å². The standard InChI is InChI=1S/C23H35N5O2Si/c1-29-15-21(18-7-5-6-8-18)28-14-19(13-26-28)22-20-9-10-27(23(20)25-16-24-22)17-30-11-12-31(2,3)4/h9-10,13-14,16,18,21H,5-8,11-12,15,17H2,1-4H3/t21-/m1/s1/i5D2,6D2,7D2,8D2,18D. The van der Waals surface area contributed by atoms with Gasteiger partial charge in [0.1, 0.15) is 18.7 Å². The minimum absolute atomic E-state index is 0.315. The fourth-order valence-electron chi connectivity index (χ4n) is 3.35. The molecule has 7 nitrogen and oxygen atoms in total. The maximum absolute atomic E-state index is 9.05. The Hall–Kier alpha value is -2.03. The van der Waals surface area contributed by atoms with E-state index < -0.39 is 52.1 Å². The highest BCUT2D eigenvalue weighted by molar-refractivity contribution is 6.76. The molecular formula is C23H35N5O2Si. The van der Waals surface area contributed by atoms with E-state index in [4.69, 9.17) is 21.8 Å². The number of nitrogens with zero attached hydrogens (tertiary/aromatic N) is 5. The summed E-state index contributed by atoms with van der Waals surface area (Å²) in [5.41, 5.74) is 1.59. The second-order valence-electron chi connectivity index (χ2n) is 8.69. The van der Waals surface area contributed by atoms with Crippen molar-refractivity contribution in [2.24, 2.45) is 5.89 Å². The largest absolute Gasteiger partial charge is 0.382 e. The van der Waals surface area contributed by atoms with Gasteiger partial charge < -0.3 is 14.0 Å². The molecule has 1 aliphatic rings. The zero-order chi connectivity index (χ0) is 29.9. The van der Waals surface area contributed by atoms with Gasteiger partial charge in [-0.1, -0.05) is 32.4 Å². The van der Waals surface area contributed by atoms with Gasteiger partial charge in [-0.3, -0.25) is 4.68 Å². The number of fused-ring (bicyclic) bond motifs is 1. The highest BCUT2D eigenvalue weighted by Gasteiger charge is 2.27. The summed E-state index contributed by atoms with van der Waals surface area (Å²) >= 11 is 0. The SMILES string of the molecule is [2H]C1([2H])C([2H])([2H])C([2H])([2H])C([2H])([C@@H](COC)n2cc(-c3ncnc4c3ccn4COCC[Si](C)(C)C)cn2)C1([2H])[2H]. The van der Waals surface area contributed by atoms with Crippen molar-refractivity contribution in [3.63, 3.8) is 0 Å². The molecule has 168 valence electrons. The molecule has 0 radical (unpaired) electrons. The van der Waals surface area contributed by atoms with Crippen molar-refractivity contribution < 1.29 is 21.8 Å². The molecule has 1 aliphatic carbocycles. The van der Waals surface area contributed by atoms with E-state index in [0.29, 0.717) is 35.6 Å². The lowest BCUT2D eigenvalue weighted by molar-refractivity contribution is 0.0899. The van der Waals surface area contributed by atoms with E-state index in [1.54, 1.807) is 0 Å². The lowest BCUT2D eigenvalue weighted by Gasteiger charge is -2.23. The summed E-state index contributed by atoms with van der Waals surface area (Å²) in [5.74, 6) is -2.95. The van der Waals surface area contributed by atoms with Gasteiger partial charge >= 0.3 is 0 Å². The molecule has 1 saturated carbocycles. The van der Waals surface area contributed by atoms with E-state index >= 15 is 0 Å². The van der Waals surface area contributed by atoms with Crippen molar-refractivity contribution in [3.8, 4) is 11.3 Å². The van der Waals surface area contributed by atoms with E-state index in [0.717, 1.165) is 10.7 Å². The molecule has 31 heavy (non-hydrogen) atoms. The molecule has 8 heteroatoms. The summed E-state index contributed by atoms with van der Waals surface area (Å²) in [6, 6.07) is 1.34. The first kappa shape index (κ1) is 13.5. The number of aromatic nitrogens is 5.